The third kappa shape index (κ3) is 4.86. The zero-order chi connectivity index (χ0) is 31.7. The van der Waals surface area contributed by atoms with E-state index in [4.69, 9.17) is 36.8 Å². The fourth-order valence-electron chi connectivity index (χ4n) is 7.74. The van der Waals surface area contributed by atoms with E-state index in [1.807, 2.05) is 19.1 Å². The van der Waals surface area contributed by atoms with Gasteiger partial charge >= 0.3 is 0 Å². The zero-order valence-electron chi connectivity index (χ0n) is 25.5. The Morgan fingerprint density at radius 2 is 2.09 bits per heavy atom. The summed E-state index contributed by atoms with van der Waals surface area (Å²) < 4.78 is 44.1. The smallest absolute Gasteiger partial charge is 0.225 e. The topological polar surface area (TPSA) is 110 Å². The molecule has 3 N–H and O–H groups in total. The number of nitrogens with zero attached hydrogens (tertiary/aromatic N) is 5. The maximum Gasteiger partial charge on any atom is 0.225 e. The SMILES string of the molecule is C[C@H](c1cccnc1N)N1CCOc2nc(-c3cc(O)cc(Cl)c3C3CC3)c(F)c3nc(OC[C@@]45CCCN4C[C@H](F)C5)cc1c23. The molecule has 0 bridgehead atoms. The van der Waals surface area contributed by atoms with Gasteiger partial charge in [0, 0.05) is 41.4 Å². The molecule has 1 aliphatic carbocycles. The minimum absolute atomic E-state index is 0.00688. The molecule has 3 aliphatic heterocycles. The molecule has 1 saturated carbocycles. The number of fused-ring (bicyclic) bond motifs is 1. The van der Waals surface area contributed by atoms with Gasteiger partial charge in [-0.3, -0.25) is 4.90 Å². The van der Waals surface area contributed by atoms with E-state index in [9.17, 15) is 9.50 Å². The van der Waals surface area contributed by atoms with Gasteiger partial charge < -0.3 is 25.2 Å². The lowest BCUT2D eigenvalue weighted by molar-refractivity contribution is 0.111. The van der Waals surface area contributed by atoms with E-state index >= 15 is 4.39 Å². The first-order chi connectivity index (χ1) is 22.2. The Kier molecular flexibility index (Phi) is 7.10. The minimum atomic E-state index is -0.903. The van der Waals surface area contributed by atoms with E-state index < -0.39 is 17.5 Å². The summed E-state index contributed by atoms with van der Waals surface area (Å²) in [6.07, 6.45) is 4.78. The van der Waals surface area contributed by atoms with Crippen LogP contribution in [0.15, 0.2) is 36.5 Å². The highest BCUT2D eigenvalue weighted by molar-refractivity contribution is 6.32. The van der Waals surface area contributed by atoms with Crippen LogP contribution in [0.25, 0.3) is 22.2 Å². The largest absolute Gasteiger partial charge is 0.508 e. The zero-order valence-corrected chi connectivity index (χ0v) is 26.2. The van der Waals surface area contributed by atoms with Gasteiger partial charge in [-0.2, -0.15) is 0 Å². The standard InChI is InChI=1S/C34H35ClF2N6O3/c1-18(22-4-2-8-39-32(22)38)43-10-11-45-33-28-25(43)14-26(46-17-34-7-3-9-42(34)16-20(36)15-34)40-31(28)29(37)30(41-33)23-12-21(44)13-24(35)27(23)19-5-6-19/h2,4,8,12-14,18-20,44H,3,5-7,9-11,15-17H2,1H3,(H2,38,39)/t18-,20-,34+/m1/s1. The van der Waals surface area contributed by atoms with Crippen LogP contribution in [-0.2, 0) is 0 Å². The van der Waals surface area contributed by atoms with Crippen LogP contribution in [0, 0.1) is 5.82 Å². The monoisotopic (exact) mass is 648 g/mol. The number of benzene rings is 1. The van der Waals surface area contributed by atoms with E-state index in [2.05, 4.69) is 14.8 Å². The molecule has 1 aromatic carbocycles. The molecule has 12 heteroatoms. The minimum Gasteiger partial charge on any atom is -0.508 e. The number of nitrogens with two attached hydrogens (primary N) is 1. The molecular weight excluding hydrogens is 614 g/mol. The Balaban J connectivity index is 1.30. The third-order valence-electron chi connectivity index (χ3n) is 10.1. The van der Waals surface area contributed by atoms with Crippen molar-refractivity contribution in [2.24, 2.45) is 0 Å². The summed E-state index contributed by atoms with van der Waals surface area (Å²) >= 11 is 6.60. The summed E-state index contributed by atoms with van der Waals surface area (Å²) in [7, 11) is 0. The number of alkyl halides is 1. The fraction of sp³-hybridized carbons (Fsp3) is 0.441. The van der Waals surface area contributed by atoms with Crippen molar-refractivity contribution in [3.63, 3.8) is 0 Å². The Morgan fingerprint density at radius 3 is 2.89 bits per heavy atom. The number of phenols is 1. The van der Waals surface area contributed by atoms with Gasteiger partial charge in [0.1, 0.15) is 42.2 Å². The summed E-state index contributed by atoms with van der Waals surface area (Å²) in [4.78, 5) is 18.0. The first-order valence-corrected chi connectivity index (χ1v) is 16.3. The van der Waals surface area contributed by atoms with Crippen molar-refractivity contribution in [1.82, 2.24) is 19.9 Å². The second kappa shape index (κ2) is 11.1. The van der Waals surface area contributed by atoms with Crippen molar-refractivity contribution in [1.29, 1.82) is 0 Å². The van der Waals surface area contributed by atoms with Crippen LogP contribution >= 0.6 is 11.6 Å². The molecule has 3 aromatic heterocycles. The Labute approximate surface area is 270 Å². The molecule has 4 aromatic rings. The first kappa shape index (κ1) is 29.4. The number of halogens is 3. The van der Waals surface area contributed by atoms with Gasteiger partial charge in [0.25, 0.3) is 0 Å². The predicted molar refractivity (Wildman–Crippen MR) is 172 cm³/mol. The molecule has 0 unspecified atom stereocenters. The van der Waals surface area contributed by atoms with Gasteiger partial charge in [-0.25, -0.2) is 23.7 Å². The number of hydrogen-bond donors (Lipinski definition) is 2. The molecule has 8 rings (SSSR count). The van der Waals surface area contributed by atoms with Crippen molar-refractivity contribution in [2.75, 3.05) is 43.5 Å². The van der Waals surface area contributed by atoms with Crippen molar-refractivity contribution in [3.05, 3.63) is 58.5 Å². The second-order valence-electron chi connectivity index (χ2n) is 13.0. The molecule has 0 spiro atoms. The molecule has 2 saturated heterocycles. The van der Waals surface area contributed by atoms with E-state index in [0.29, 0.717) is 47.0 Å². The number of ether oxygens (including phenoxy) is 2. The molecule has 9 nitrogen and oxygen atoms in total. The molecule has 46 heavy (non-hydrogen) atoms. The summed E-state index contributed by atoms with van der Waals surface area (Å²) in [6, 6.07) is 8.27. The quantitative estimate of drug-likeness (QED) is 0.230. The molecule has 0 radical (unpaired) electrons. The van der Waals surface area contributed by atoms with Crippen LogP contribution in [0.1, 0.15) is 62.1 Å². The number of rotatable bonds is 7. The average molecular weight is 649 g/mol. The van der Waals surface area contributed by atoms with Crippen molar-refractivity contribution < 1.29 is 23.4 Å². The van der Waals surface area contributed by atoms with Crippen molar-refractivity contribution in [3.8, 4) is 28.8 Å². The fourth-order valence-corrected chi connectivity index (χ4v) is 8.11. The van der Waals surface area contributed by atoms with Crippen LogP contribution in [0.5, 0.6) is 17.5 Å². The summed E-state index contributed by atoms with van der Waals surface area (Å²) in [5.41, 5.74) is 8.54. The van der Waals surface area contributed by atoms with Crippen LogP contribution in [-0.4, -0.2) is 69.5 Å². The van der Waals surface area contributed by atoms with Crippen LogP contribution in [0.4, 0.5) is 20.3 Å². The van der Waals surface area contributed by atoms with Crippen LogP contribution < -0.4 is 20.1 Å². The first-order valence-electron chi connectivity index (χ1n) is 15.9. The van der Waals surface area contributed by atoms with E-state index in [0.717, 1.165) is 43.4 Å². The lowest BCUT2D eigenvalue weighted by Gasteiger charge is -2.32. The Morgan fingerprint density at radius 1 is 1.24 bits per heavy atom. The summed E-state index contributed by atoms with van der Waals surface area (Å²) in [6.45, 7) is 4.18. The predicted octanol–water partition coefficient (Wildman–Crippen LogP) is 6.56. The highest BCUT2D eigenvalue weighted by Gasteiger charge is 2.49. The van der Waals surface area contributed by atoms with E-state index in [1.54, 1.807) is 12.3 Å². The second-order valence-corrected chi connectivity index (χ2v) is 13.4. The van der Waals surface area contributed by atoms with E-state index in [-0.39, 0.29) is 53.9 Å². The number of aromatic nitrogens is 3. The third-order valence-corrected chi connectivity index (χ3v) is 10.4. The number of aromatic hydroxyl groups is 1. The maximum absolute atomic E-state index is 17.0. The molecule has 3 fully saturated rings. The highest BCUT2D eigenvalue weighted by atomic mass is 35.5. The molecular formula is C34H35ClF2N6O3. The molecule has 4 aliphatic rings. The Hall–Kier alpha value is -3.96. The van der Waals surface area contributed by atoms with Gasteiger partial charge in [0.05, 0.1) is 29.2 Å². The molecule has 3 atom stereocenters. The van der Waals surface area contributed by atoms with Crippen molar-refractivity contribution in [2.45, 2.75) is 62.7 Å². The number of pyridine rings is 3. The normalized spacial score (nSPS) is 23.3. The lowest BCUT2D eigenvalue weighted by atomic mass is 9.95. The molecule has 6 heterocycles. The van der Waals surface area contributed by atoms with E-state index in [1.165, 1.54) is 12.1 Å². The maximum atomic E-state index is 17.0. The van der Waals surface area contributed by atoms with Gasteiger partial charge in [-0.15, -0.1) is 0 Å². The molecule has 0 amide bonds. The number of nitrogen functional groups attached to an aromatic ring is 1. The number of hydrogen-bond acceptors (Lipinski definition) is 9. The van der Waals surface area contributed by atoms with Gasteiger partial charge in [-0.1, -0.05) is 17.7 Å². The van der Waals surface area contributed by atoms with Gasteiger partial charge in [0.2, 0.25) is 11.8 Å². The van der Waals surface area contributed by atoms with Crippen LogP contribution in [0.2, 0.25) is 5.02 Å². The average Bonchev–Trinajstić information content (AvgIpc) is 3.75. The summed E-state index contributed by atoms with van der Waals surface area (Å²) in [5, 5.41) is 11.3. The van der Waals surface area contributed by atoms with Gasteiger partial charge in [-0.05, 0) is 68.8 Å². The Bertz CT molecular complexity index is 1860. The summed E-state index contributed by atoms with van der Waals surface area (Å²) in [5.74, 6) is 0.255. The lowest BCUT2D eigenvalue weighted by Crippen LogP contribution is -2.43. The van der Waals surface area contributed by atoms with Crippen LogP contribution in [0.3, 0.4) is 0 Å². The number of phenolic OH excluding ortho intramolecular Hbond substituents is 1. The number of anilines is 2. The highest BCUT2D eigenvalue weighted by Crippen LogP contribution is 2.51. The molecule has 240 valence electrons. The van der Waals surface area contributed by atoms with Gasteiger partial charge in [0.15, 0.2) is 5.82 Å². The van der Waals surface area contributed by atoms with Crippen molar-refractivity contribution >= 4 is 34.0 Å².